The molecule has 3 N–H and O–H groups in total. The molecule has 2 unspecified atom stereocenters. The lowest BCUT2D eigenvalue weighted by atomic mass is 9.93. The van der Waals surface area contributed by atoms with Crippen LogP contribution in [0.2, 0.25) is 0 Å². The first-order valence-corrected chi connectivity index (χ1v) is 6.94. The summed E-state index contributed by atoms with van der Waals surface area (Å²) in [5.74, 6) is 0.450. The van der Waals surface area contributed by atoms with Gasteiger partial charge in [-0.2, -0.15) is 0 Å². The number of hydrogen-bond donors (Lipinski definition) is 3. The molecular formula is C16H27NO2. The molecule has 0 bridgehead atoms. The van der Waals surface area contributed by atoms with E-state index in [1.807, 2.05) is 37.3 Å². The molecule has 0 saturated heterocycles. The van der Waals surface area contributed by atoms with Crippen LogP contribution >= 0.6 is 0 Å². The molecule has 0 aliphatic rings. The molecule has 19 heavy (non-hydrogen) atoms. The predicted molar refractivity (Wildman–Crippen MR) is 79.0 cm³/mol. The second-order valence-electron chi connectivity index (χ2n) is 6.34. The Balaban J connectivity index is 2.48. The molecule has 0 radical (unpaired) electrons. The first-order chi connectivity index (χ1) is 8.73. The van der Waals surface area contributed by atoms with Crippen molar-refractivity contribution in [3.05, 3.63) is 35.9 Å². The van der Waals surface area contributed by atoms with E-state index in [-0.39, 0.29) is 0 Å². The summed E-state index contributed by atoms with van der Waals surface area (Å²) < 4.78 is 0. The monoisotopic (exact) mass is 265 g/mol. The Hall–Kier alpha value is -0.900. The lowest BCUT2D eigenvalue weighted by Crippen LogP contribution is -2.44. The summed E-state index contributed by atoms with van der Waals surface area (Å²) in [5, 5.41) is 23.8. The van der Waals surface area contributed by atoms with Gasteiger partial charge in [0.2, 0.25) is 0 Å². The molecule has 0 spiro atoms. The van der Waals surface area contributed by atoms with Crippen LogP contribution in [-0.4, -0.2) is 28.9 Å². The molecule has 1 rings (SSSR count). The highest BCUT2D eigenvalue weighted by Crippen LogP contribution is 2.20. The highest BCUT2D eigenvalue weighted by molar-refractivity contribution is 5.21. The minimum Gasteiger partial charge on any atom is -0.389 e. The predicted octanol–water partition coefficient (Wildman–Crippen LogP) is 2.28. The van der Waals surface area contributed by atoms with Crippen LogP contribution in [0.3, 0.4) is 0 Å². The summed E-state index contributed by atoms with van der Waals surface area (Å²) >= 11 is 0. The van der Waals surface area contributed by atoms with Crippen LogP contribution in [0.15, 0.2) is 30.3 Å². The maximum absolute atomic E-state index is 10.4. The average molecular weight is 265 g/mol. The van der Waals surface area contributed by atoms with Crippen LogP contribution in [0.25, 0.3) is 0 Å². The molecule has 3 nitrogen and oxygen atoms in total. The van der Waals surface area contributed by atoms with Crippen molar-refractivity contribution in [2.45, 2.75) is 45.3 Å². The number of hydrogen-bond acceptors (Lipinski definition) is 3. The van der Waals surface area contributed by atoms with Gasteiger partial charge in [-0.1, -0.05) is 44.2 Å². The number of benzene rings is 1. The lowest BCUT2D eigenvalue weighted by molar-refractivity contribution is 0.0207. The third-order valence-corrected chi connectivity index (χ3v) is 3.22. The van der Waals surface area contributed by atoms with Crippen LogP contribution in [0.4, 0.5) is 0 Å². The molecule has 0 aromatic heterocycles. The number of rotatable bonds is 7. The van der Waals surface area contributed by atoms with Gasteiger partial charge in [-0.15, -0.1) is 0 Å². The van der Waals surface area contributed by atoms with Crippen LogP contribution in [0, 0.1) is 5.92 Å². The van der Waals surface area contributed by atoms with Gasteiger partial charge in [0, 0.05) is 13.1 Å². The molecule has 0 aliphatic heterocycles. The molecule has 0 heterocycles. The van der Waals surface area contributed by atoms with Crippen molar-refractivity contribution in [2.75, 3.05) is 13.1 Å². The van der Waals surface area contributed by atoms with E-state index in [1.165, 1.54) is 0 Å². The van der Waals surface area contributed by atoms with Crippen molar-refractivity contribution in [1.29, 1.82) is 0 Å². The number of nitrogens with one attached hydrogen (secondary N) is 1. The van der Waals surface area contributed by atoms with E-state index in [4.69, 9.17) is 0 Å². The fraction of sp³-hybridized carbons (Fsp3) is 0.625. The van der Waals surface area contributed by atoms with Crippen LogP contribution in [0.1, 0.15) is 39.7 Å². The van der Waals surface area contributed by atoms with Crippen molar-refractivity contribution in [2.24, 2.45) is 5.92 Å². The van der Waals surface area contributed by atoms with E-state index in [0.29, 0.717) is 19.0 Å². The zero-order chi connectivity index (χ0) is 14.5. The largest absolute Gasteiger partial charge is 0.389 e. The lowest BCUT2D eigenvalue weighted by Gasteiger charge is -2.29. The Morgan fingerprint density at radius 3 is 2.16 bits per heavy atom. The summed E-state index contributed by atoms with van der Waals surface area (Å²) in [6.07, 6.45) is 0.744. The third kappa shape index (κ3) is 5.72. The van der Waals surface area contributed by atoms with Gasteiger partial charge in [0.15, 0.2) is 0 Å². The Bertz CT molecular complexity index is 372. The highest BCUT2D eigenvalue weighted by atomic mass is 16.3. The maximum atomic E-state index is 10.4. The molecular weight excluding hydrogens is 238 g/mol. The van der Waals surface area contributed by atoms with Crippen LogP contribution < -0.4 is 5.32 Å². The Morgan fingerprint density at radius 1 is 1.05 bits per heavy atom. The zero-order valence-corrected chi connectivity index (χ0v) is 12.5. The molecule has 1 aromatic rings. The fourth-order valence-corrected chi connectivity index (χ4v) is 2.43. The van der Waals surface area contributed by atoms with Crippen molar-refractivity contribution in [3.8, 4) is 0 Å². The van der Waals surface area contributed by atoms with Crippen molar-refractivity contribution in [1.82, 2.24) is 5.32 Å². The summed E-state index contributed by atoms with van der Waals surface area (Å²) in [6.45, 7) is 8.70. The van der Waals surface area contributed by atoms with Crippen LogP contribution in [-0.2, 0) is 5.60 Å². The van der Waals surface area contributed by atoms with Crippen LogP contribution in [0.5, 0.6) is 0 Å². The third-order valence-electron chi connectivity index (χ3n) is 3.22. The van der Waals surface area contributed by atoms with E-state index >= 15 is 0 Å². The normalized spacial score (nSPS) is 18.1. The Morgan fingerprint density at radius 2 is 1.63 bits per heavy atom. The smallest absolute Gasteiger partial charge is 0.0992 e. The SMILES string of the molecule is CC(C)CC(C)(O)CNCC(C)(O)c1ccccc1. The molecule has 0 amide bonds. The van der Waals surface area contributed by atoms with Gasteiger partial charge in [0.05, 0.1) is 11.2 Å². The van der Waals surface area contributed by atoms with Crippen molar-refractivity contribution < 1.29 is 10.2 Å². The molecule has 0 aliphatic carbocycles. The molecule has 0 saturated carbocycles. The second-order valence-corrected chi connectivity index (χ2v) is 6.34. The van der Waals surface area contributed by atoms with Gasteiger partial charge < -0.3 is 15.5 Å². The van der Waals surface area contributed by atoms with E-state index in [1.54, 1.807) is 6.92 Å². The molecule has 0 fully saturated rings. The minimum atomic E-state index is -0.921. The summed E-state index contributed by atoms with van der Waals surface area (Å²) in [7, 11) is 0. The molecule has 108 valence electrons. The molecule has 2 atom stereocenters. The first kappa shape index (κ1) is 16.2. The van der Waals surface area contributed by atoms with E-state index < -0.39 is 11.2 Å². The van der Waals surface area contributed by atoms with Gasteiger partial charge in [0.25, 0.3) is 0 Å². The van der Waals surface area contributed by atoms with Crippen molar-refractivity contribution >= 4 is 0 Å². The van der Waals surface area contributed by atoms with Crippen molar-refractivity contribution in [3.63, 3.8) is 0 Å². The standard InChI is InChI=1S/C16H27NO2/c1-13(2)10-15(3,18)11-17-12-16(4,19)14-8-6-5-7-9-14/h5-9,13,17-19H,10-12H2,1-4H3. The van der Waals surface area contributed by atoms with E-state index in [9.17, 15) is 10.2 Å². The zero-order valence-electron chi connectivity index (χ0n) is 12.5. The minimum absolute atomic E-state index is 0.422. The quantitative estimate of drug-likeness (QED) is 0.709. The summed E-state index contributed by atoms with van der Waals surface area (Å²) in [6, 6.07) is 9.58. The topological polar surface area (TPSA) is 52.5 Å². The molecule has 1 aromatic carbocycles. The van der Waals surface area contributed by atoms with E-state index in [0.717, 1.165) is 12.0 Å². The van der Waals surface area contributed by atoms with Gasteiger partial charge in [-0.05, 0) is 31.7 Å². The Labute approximate surface area is 116 Å². The fourth-order valence-electron chi connectivity index (χ4n) is 2.43. The average Bonchev–Trinajstić information content (AvgIpc) is 2.27. The summed E-state index contributed by atoms with van der Waals surface area (Å²) in [4.78, 5) is 0. The maximum Gasteiger partial charge on any atom is 0.0992 e. The Kier molecular flexibility index (Phi) is 5.53. The highest BCUT2D eigenvalue weighted by Gasteiger charge is 2.25. The molecule has 3 heteroatoms. The number of aliphatic hydroxyl groups is 2. The van der Waals surface area contributed by atoms with Gasteiger partial charge in [-0.25, -0.2) is 0 Å². The summed E-state index contributed by atoms with van der Waals surface area (Å²) in [5.41, 5.74) is -0.776. The van der Waals surface area contributed by atoms with Gasteiger partial charge in [-0.3, -0.25) is 0 Å². The first-order valence-electron chi connectivity index (χ1n) is 6.94. The van der Waals surface area contributed by atoms with Gasteiger partial charge >= 0.3 is 0 Å². The second kappa shape index (κ2) is 6.51. The van der Waals surface area contributed by atoms with E-state index in [2.05, 4.69) is 19.2 Å². The van der Waals surface area contributed by atoms with Gasteiger partial charge in [0.1, 0.15) is 0 Å².